The van der Waals surface area contributed by atoms with E-state index in [1.54, 1.807) is 0 Å². The van der Waals surface area contributed by atoms with Crippen molar-refractivity contribution < 1.29 is 0 Å². The third kappa shape index (κ3) is 3.32. The molecule has 1 atom stereocenters. The lowest BCUT2D eigenvalue weighted by atomic mass is 9.80. The first kappa shape index (κ1) is 18.0. The predicted molar refractivity (Wildman–Crippen MR) is 119 cm³/mol. The van der Waals surface area contributed by atoms with Crippen molar-refractivity contribution in [3.05, 3.63) is 132 Å². The minimum Gasteiger partial charge on any atom is -0.0984 e. The molecule has 0 radical (unpaired) electrons. The molecule has 0 aliphatic heterocycles. The molecule has 0 nitrogen and oxygen atoms in total. The van der Waals surface area contributed by atoms with Crippen molar-refractivity contribution in [2.75, 3.05) is 0 Å². The molecule has 0 amide bonds. The van der Waals surface area contributed by atoms with Crippen LogP contribution in [0, 0.1) is 0 Å². The minimum absolute atomic E-state index is 0.165. The summed E-state index contributed by atoms with van der Waals surface area (Å²) in [6, 6.07) is 40.4. The van der Waals surface area contributed by atoms with Crippen LogP contribution in [-0.2, 0) is 5.16 Å². The van der Waals surface area contributed by atoms with Crippen LogP contribution < -0.4 is 0 Å². The van der Waals surface area contributed by atoms with Gasteiger partial charge in [0.1, 0.15) is 0 Å². The first-order chi connectivity index (χ1) is 13.4. The zero-order valence-electron chi connectivity index (χ0n) is 14.8. The van der Waals surface area contributed by atoms with Gasteiger partial charge in [0, 0.05) is 0 Å². The van der Waals surface area contributed by atoms with Gasteiger partial charge in [0.25, 0.3) is 0 Å². The number of halogens is 1. The van der Waals surface area contributed by atoms with E-state index in [0.29, 0.717) is 0 Å². The second-order valence-electron chi connectivity index (χ2n) is 6.49. The zero-order valence-corrected chi connectivity index (χ0v) is 16.6. The summed E-state index contributed by atoms with van der Waals surface area (Å²) in [7, 11) is 0.165. The number of hydrogen-bond acceptors (Lipinski definition) is 0. The van der Waals surface area contributed by atoms with Gasteiger partial charge in [0.15, 0.2) is 0 Å². The van der Waals surface area contributed by atoms with Crippen LogP contribution >= 0.6 is 19.2 Å². The number of hydrogen-bond donors (Lipinski definition) is 0. The fourth-order valence-electron chi connectivity index (χ4n) is 3.69. The number of rotatable bonds is 5. The van der Waals surface area contributed by atoms with Crippen LogP contribution in [-0.4, -0.2) is 0 Å². The maximum Gasteiger partial charge on any atom is 0.0769 e. The highest BCUT2D eigenvalue weighted by Gasteiger charge is 2.37. The first-order valence-corrected chi connectivity index (χ1v) is 11.0. The van der Waals surface area contributed by atoms with Gasteiger partial charge in [-0.05, 0) is 35.8 Å². The molecule has 0 aromatic heterocycles. The average Bonchev–Trinajstić information content (AvgIpc) is 2.77. The fourth-order valence-corrected chi connectivity index (χ4v) is 5.52. The molecule has 0 aliphatic carbocycles. The second-order valence-corrected chi connectivity index (χ2v) is 7.99. The molecule has 4 aromatic rings. The summed E-state index contributed by atoms with van der Waals surface area (Å²) in [4.78, 5) is 0. The first-order valence-electron chi connectivity index (χ1n) is 9.00. The molecule has 0 saturated heterocycles. The maximum atomic E-state index is 6.82. The Bertz CT molecular complexity index is 958. The van der Waals surface area contributed by atoms with Crippen LogP contribution in [0.4, 0.5) is 0 Å². The van der Waals surface area contributed by atoms with E-state index in [-0.39, 0.29) is 7.93 Å². The highest BCUT2D eigenvalue weighted by Crippen LogP contribution is 2.56. The van der Waals surface area contributed by atoms with Crippen molar-refractivity contribution in [2.45, 2.75) is 5.16 Å². The summed E-state index contributed by atoms with van der Waals surface area (Å²) in [5.41, 5.74) is 6.10. The van der Waals surface area contributed by atoms with Gasteiger partial charge in [0.05, 0.1) is 5.16 Å². The highest BCUT2D eigenvalue weighted by molar-refractivity contribution is 7.69. The molecule has 4 aromatic carbocycles. The molecule has 0 aliphatic rings. The second kappa shape index (κ2) is 8.09. The molecule has 0 fully saturated rings. The largest absolute Gasteiger partial charge is 0.0984 e. The van der Waals surface area contributed by atoms with Gasteiger partial charge in [-0.2, -0.15) is 0 Å². The molecule has 1 unspecified atom stereocenters. The van der Waals surface area contributed by atoms with Crippen LogP contribution in [0.5, 0.6) is 0 Å². The summed E-state index contributed by atoms with van der Waals surface area (Å²) in [6.07, 6.45) is 0. The summed E-state index contributed by atoms with van der Waals surface area (Å²) in [5, 5.41) is -0.392. The van der Waals surface area contributed by atoms with E-state index < -0.39 is 5.16 Å². The standard InChI is InChI=1S/C25H20ClP/c26-27-25(21-14-6-2-7-15-21,22-16-8-3-9-17-22)24-19-11-10-18-23(24)20-12-4-1-5-13-20/h1-19,27H. The van der Waals surface area contributed by atoms with E-state index in [4.69, 9.17) is 11.2 Å². The topological polar surface area (TPSA) is 0 Å². The van der Waals surface area contributed by atoms with E-state index >= 15 is 0 Å². The predicted octanol–water partition coefficient (Wildman–Crippen LogP) is 7.48. The Balaban J connectivity index is 2.05. The molecule has 132 valence electrons. The van der Waals surface area contributed by atoms with Crippen LogP contribution in [0.1, 0.15) is 16.7 Å². The smallest absolute Gasteiger partial charge is 0.0769 e. The fraction of sp³-hybridized carbons (Fsp3) is 0.0400. The van der Waals surface area contributed by atoms with E-state index in [2.05, 4.69) is 115 Å². The van der Waals surface area contributed by atoms with Gasteiger partial charge in [0.2, 0.25) is 0 Å². The molecule has 0 heterocycles. The molecular weight excluding hydrogens is 367 g/mol. The minimum atomic E-state index is -0.392. The summed E-state index contributed by atoms with van der Waals surface area (Å²) >= 11 is 6.82. The molecule has 27 heavy (non-hydrogen) atoms. The Morgan fingerprint density at radius 3 is 1.48 bits per heavy atom. The monoisotopic (exact) mass is 386 g/mol. The lowest BCUT2D eigenvalue weighted by molar-refractivity contribution is 0.896. The van der Waals surface area contributed by atoms with Crippen molar-refractivity contribution in [1.29, 1.82) is 0 Å². The van der Waals surface area contributed by atoms with E-state index in [1.807, 2.05) is 0 Å². The zero-order chi connectivity index (χ0) is 18.5. The van der Waals surface area contributed by atoms with Crippen LogP contribution in [0.3, 0.4) is 0 Å². The van der Waals surface area contributed by atoms with Gasteiger partial charge in [-0.15, -0.1) is 0 Å². The molecule has 0 spiro atoms. The Morgan fingerprint density at radius 1 is 0.519 bits per heavy atom. The van der Waals surface area contributed by atoms with Gasteiger partial charge in [-0.1, -0.05) is 127 Å². The average molecular weight is 387 g/mol. The molecular formula is C25H20ClP. The summed E-state index contributed by atoms with van der Waals surface area (Å²) in [6.45, 7) is 0. The third-order valence-corrected chi connectivity index (χ3v) is 6.95. The van der Waals surface area contributed by atoms with Crippen molar-refractivity contribution in [1.82, 2.24) is 0 Å². The molecule has 4 rings (SSSR count). The van der Waals surface area contributed by atoms with Crippen molar-refractivity contribution in [3.63, 3.8) is 0 Å². The quantitative estimate of drug-likeness (QED) is 0.246. The van der Waals surface area contributed by atoms with Gasteiger partial charge < -0.3 is 0 Å². The molecule has 0 saturated carbocycles. The summed E-state index contributed by atoms with van der Waals surface area (Å²) in [5.74, 6) is 0. The number of benzene rings is 4. The molecule has 2 heteroatoms. The van der Waals surface area contributed by atoms with Crippen LogP contribution in [0.25, 0.3) is 11.1 Å². The Morgan fingerprint density at radius 2 is 0.963 bits per heavy atom. The van der Waals surface area contributed by atoms with E-state index in [0.717, 1.165) is 0 Å². The van der Waals surface area contributed by atoms with Crippen molar-refractivity contribution >= 4 is 19.2 Å². The normalized spacial score (nSPS) is 11.7. The lowest BCUT2D eigenvalue weighted by Gasteiger charge is -2.35. The van der Waals surface area contributed by atoms with E-state index in [9.17, 15) is 0 Å². The summed E-state index contributed by atoms with van der Waals surface area (Å²) < 4.78 is 0. The van der Waals surface area contributed by atoms with Crippen molar-refractivity contribution in [2.24, 2.45) is 0 Å². The Labute approximate surface area is 167 Å². The van der Waals surface area contributed by atoms with Gasteiger partial charge >= 0.3 is 0 Å². The Kier molecular flexibility index (Phi) is 5.39. The molecule has 0 N–H and O–H groups in total. The van der Waals surface area contributed by atoms with Crippen molar-refractivity contribution in [3.8, 4) is 11.1 Å². The highest BCUT2D eigenvalue weighted by atomic mass is 35.7. The van der Waals surface area contributed by atoms with Crippen LogP contribution in [0.15, 0.2) is 115 Å². The molecule has 0 bridgehead atoms. The lowest BCUT2D eigenvalue weighted by Crippen LogP contribution is -2.24. The maximum absolute atomic E-state index is 6.82. The van der Waals surface area contributed by atoms with Crippen LogP contribution in [0.2, 0.25) is 0 Å². The van der Waals surface area contributed by atoms with E-state index in [1.165, 1.54) is 27.8 Å². The third-order valence-electron chi connectivity index (χ3n) is 4.97. The Hall–Kier alpha value is -2.40. The van der Waals surface area contributed by atoms with Gasteiger partial charge in [-0.25, -0.2) is 0 Å². The SMILES string of the molecule is ClPC(c1ccccc1)(c1ccccc1)c1ccccc1-c1ccccc1. The van der Waals surface area contributed by atoms with Gasteiger partial charge in [-0.3, -0.25) is 0 Å².